The van der Waals surface area contributed by atoms with Crippen molar-refractivity contribution in [2.45, 2.75) is 19.4 Å². The van der Waals surface area contributed by atoms with Gasteiger partial charge in [-0.05, 0) is 28.0 Å². The van der Waals surface area contributed by atoms with Crippen molar-refractivity contribution in [2.75, 3.05) is 7.11 Å². The van der Waals surface area contributed by atoms with Crippen molar-refractivity contribution in [3.63, 3.8) is 0 Å². The van der Waals surface area contributed by atoms with Crippen LogP contribution in [0.5, 0.6) is 0 Å². The summed E-state index contributed by atoms with van der Waals surface area (Å²) in [5, 5.41) is 0. The zero-order valence-corrected chi connectivity index (χ0v) is 11.6. The lowest BCUT2D eigenvalue weighted by Crippen LogP contribution is -2.04. The zero-order valence-electron chi connectivity index (χ0n) is 7.84. The van der Waals surface area contributed by atoms with Crippen molar-refractivity contribution in [3.8, 4) is 0 Å². The number of allylic oxidation sites excluding steroid dienone is 2. The fourth-order valence-corrected chi connectivity index (χ4v) is 1.16. The summed E-state index contributed by atoms with van der Waals surface area (Å²) >= 11 is 5.45. The summed E-state index contributed by atoms with van der Waals surface area (Å²) in [6, 6.07) is 0. The highest BCUT2D eigenvalue weighted by Gasteiger charge is 1.98. The van der Waals surface area contributed by atoms with Crippen LogP contribution in [0.1, 0.15) is 13.3 Å². The Labute approximate surface area is 102 Å². The first-order chi connectivity index (χ1) is 6.24. The normalized spacial score (nSPS) is 15.8. The minimum Gasteiger partial charge on any atom is -0.377 e. The molecule has 0 bridgehead atoms. The lowest BCUT2D eigenvalue weighted by atomic mass is 10.2. The minimum atomic E-state index is 0.167. The van der Waals surface area contributed by atoms with Gasteiger partial charge < -0.3 is 4.74 Å². The lowest BCUT2D eigenvalue weighted by Gasteiger charge is -2.06. The maximum Gasteiger partial charge on any atom is 0.0789 e. The number of ether oxygens (including phenoxy) is 1. The molecule has 0 fully saturated rings. The van der Waals surface area contributed by atoms with Crippen LogP contribution >= 0.6 is 38.5 Å². The van der Waals surface area contributed by atoms with Gasteiger partial charge in [0.25, 0.3) is 0 Å². The number of hydrogen-bond donors (Lipinski definition) is 0. The first-order valence-corrected chi connectivity index (χ1v) is 6.14. The average molecular weight is 357 g/mol. The molecular formula is C10H14BrIO. The molecule has 0 unspecified atom stereocenters. The van der Waals surface area contributed by atoms with Crippen LogP contribution in [0.3, 0.4) is 0 Å². The summed E-state index contributed by atoms with van der Waals surface area (Å²) < 4.78 is 7.30. The van der Waals surface area contributed by atoms with E-state index in [1.165, 1.54) is 5.57 Å². The average Bonchev–Trinajstić information content (AvgIpc) is 2.17. The van der Waals surface area contributed by atoms with Crippen LogP contribution in [-0.2, 0) is 4.74 Å². The Morgan fingerprint density at radius 1 is 1.62 bits per heavy atom. The van der Waals surface area contributed by atoms with Gasteiger partial charge in [0.05, 0.1) is 6.10 Å². The van der Waals surface area contributed by atoms with Crippen LogP contribution in [0.25, 0.3) is 0 Å². The molecular weight excluding hydrogens is 343 g/mol. The van der Waals surface area contributed by atoms with Crippen molar-refractivity contribution >= 4 is 38.5 Å². The third kappa shape index (κ3) is 7.46. The van der Waals surface area contributed by atoms with Crippen LogP contribution in [0.2, 0.25) is 0 Å². The van der Waals surface area contributed by atoms with E-state index in [0.717, 1.165) is 6.42 Å². The minimum absolute atomic E-state index is 0.167. The molecule has 0 aromatic carbocycles. The van der Waals surface area contributed by atoms with E-state index in [9.17, 15) is 0 Å². The monoisotopic (exact) mass is 356 g/mol. The largest absolute Gasteiger partial charge is 0.377 e. The van der Waals surface area contributed by atoms with Gasteiger partial charge in [-0.25, -0.2) is 0 Å². The first kappa shape index (κ1) is 13.4. The van der Waals surface area contributed by atoms with E-state index >= 15 is 0 Å². The van der Waals surface area contributed by atoms with E-state index < -0.39 is 0 Å². The van der Waals surface area contributed by atoms with Crippen LogP contribution < -0.4 is 0 Å². The van der Waals surface area contributed by atoms with Crippen molar-refractivity contribution in [3.05, 3.63) is 32.9 Å². The Kier molecular flexibility index (Phi) is 9.23. The van der Waals surface area contributed by atoms with Gasteiger partial charge >= 0.3 is 0 Å². The molecule has 1 nitrogen and oxygen atoms in total. The standard InChI is InChI=1S/C10H14BrIO/c1-9(8-12)5-6-10(13-2)4-3-7-11/h3,5-8,10H,4H2,1-2H3/b6-5+,7-3+,9-8+/t10-/m1/s1. The number of rotatable bonds is 5. The molecule has 0 rings (SSSR count). The smallest absolute Gasteiger partial charge is 0.0789 e. The van der Waals surface area contributed by atoms with Crippen LogP contribution in [0.4, 0.5) is 0 Å². The molecule has 0 N–H and O–H groups in total. The van der Waals surface area contributed by atoms with Gasteiger partial charge in [0.1, 0.15) is 0 Å². The Balaban J connectivity index is 4.03. The molecule has 3 heteroatoms. The van der Waals surface area contributed by atoms with Gasteiger partial charge in [-0.15, -0.1) is 0 Å². The second kappa shape index (κ2) is 8.97. The highest BCUT2D eigenvalue weighted by molar-refractivity contribution is 14.1. The van der Waals surface area contributed by atoms with E-state index in [1.54, 1.807) is 7.11 Å². The molecule has 0 heterocycles. The molecule has 0 saturated carbocycles. The predicted molar refractivity (Wildman–Crippen MR) is 70.4 cm³/mol. The SMILES string of the molecule is CO[C@@H](/C=C/C(C)=C/I)C/C=C/Br. The molecule has 0 spiro atoms. The van der Waals surface area contributed by atoms with E-state index in [0.29, 0.717) is 0 Å². The zero-order chi connectivity index (χ0) is 10.1. The molecule has 0 amide bonds. The predicted octanol–water partition coefficient (Wildman–Crippen LogP) is 4.20. The quantitative estimate of drug-likeness (QED) is 0.530. The molecule has 0 aliphatic heterocycles. The van der Waals surface area contributed by atoms with Crippen molar-refractivity contribution in [1.82, 2.24) is 0 Å². The molecule has 0 aromatic rings. The summed E-state index contributed by atoms with van der Waals surface area (Å²) in [4.78, 5) is 1.86. The molecule has 13 heavy (non-hydrogen) atoms. The Bertz CT molecular complexity index is 209. The van der Waals surface area contributed by atoms with Crippen LogP contribution in [-0.4, -0.2) is 13.2 Å². The van der Waals surface area contributed by atoms with E-state index in [-0.39, 0.29) is 6.10 Å². The fourth-order valence-electron chi connectivity index (χ4n) is 0.734. The van der Waals surface area contributed by atoms with Crippen LogP contribution in [0.15, 0.2) is 32.9 Å². The third-order valence-electron chi connectivity index (χ3n) is 1.51. The first-order valence-electron chi connectivity index (χ1n) is 3.97. The van der Waals surface area contributed by atoms with Gasteiger partial charge in [0, 0.05) is 7.11 Å². The van der Waals surface area contributed by atoms with Crippen molar-refractivity contribution in [2.24, 2.45) is 0 Å². The van der Waals surface area contributed by atoms with Gasteiger partial charge in [0.2, 0.25) is 0 Å². The highest BCUT2D eigenvalue weighted by atomic mass is 127. The van der Waals surface area contributed by atoms with Crippen molar-refractivity contribution in [1.29, 1.82) is 0 Å². The number of methoxy groups -OCH3 is 1. The summed E-state index contributed by atoms with van der Waals surface area (Å²) in [5.41, 5.74) is 1.24. The maximum absolute atomic E-state index is 5.26. The lowest BCUT2D eigenvalue weighted by molar-refractivity contribution is 0.143. The maximum atomic E-state index is 5.26. The molecule has 1 atom stereocenters. The van der Waals surface area contributed by atoms with Gasteiger partial charge in [-0.1, -0.05) is 56.7 Å². The summed E-state index contributed by atoms with van der Waals surface area (Å²) in [6.07, 6.45) is 7.23. The van der Waals surface area contributed by atoms with E-state index in [4.69, 9.17) is 4.74 Å². The van der Waals surface area contributed by atoms with E-state index in [2.05, 4.69) is 57.6 Å². The van der Waals surface area contributed by atoms with Gasteiger partial charge in [-0.2, -0.15) is 0 Å². The van der Waals surface area contributed by atoms with Gasteiger partial charge in [0.15, 0.2) is 0 Å². The third-order valence-corrected chi connectivity index (χ3v) is 2.86. The molecule has 0 radical (unpaired) electrons. The van der Waals surface area contributed by atoms with E-state index in [1.807, 2.05) is 15.1 Å². The summed E-state index contributed by atoms with van der Waals surface area (Å²) in [6.45, 7) is 2.07. The molecule has 74 valence electrons. The summed E-state index contributed by atoms with van der Waals surface area (Å²) in [5.74, 6) is 0. The van der Waals surface area contributed by atoms with Crippen LogP contribution in [0, 0.1) is 0 Å². The number of hydrogen-bond acceptors (Lipinski definition) is 1. The highest BCUT2D eigenvalue weighted by Crippen LogP contribution is 2.05. The number of halogens is 2. The molecule has 0 aliphatic rings. The molecule has 0 aliphatic carbocycles. The molecule has 0 aromatic heterocycles. The second-order valence-electron chi connectivity index (χ2n) is 2.58. The fraction of sp³-hybridized carbons (Fsp3) is 0.400. The van der Waals surface area contributed by atoms with Gasteiger partial charge in [-0.3, -0.25) is 0 Å². The topological polar surface area (TPSA) is 9.23 Å². The Morgan fingerprint density at radius 2 is 2.31 bits per heavy atom. The Morgan fingerprint density at radius 3 is 2.77 bits per heavy atom. The molecule has 0 saturated heterocycles. The second-order valence-corrected chi connectivity index (χ2v) is 3.74. The Hall–Kier alpha value is 0.390. The van der Waals surface area contributed by atoms with Crippen molar-refractivity contribution < 1.29 is 4.74 Å². The summed E-state index contributed by atoms with van der Waals surface area (Å²) in [7, 11) is 1.72.